The van der Waals surface area contributed by atoms with E-state index >= 15 is 0 Å². The SMILES string of the molecule is CCCNC(=O)CNC(=O)COc1ccc(C(=O)OC)cc1OC. The largest absolute Gasteiger partial charge is 0.493 e. The lowest BCUT2D eigenvalue weighted by Gasteiger charge is -2.12. The molecule has 1 rings (SSSR count). The fourth-order valence-electron chi connectivity index (χ4n) is 1.73. The lowest BCUT2D eigenvalue weighted by Crippen LogP contribution is -2.39. The van der Waals surface area contributed by atoms with E-state index in [-0.39, 0.29) is 19.1 Å². The van der Waals surface area contributed by atoms with Gasteiger partial charge in [-0.15, -0.1) is 0 Å². The van der Waals surface area contributed by atoms with Gasteiger partial charge in [0.05, 0.1) is 26.3 Å². The number of hydrogen-bond donors (Lipinski definition) is 2. The van der Waals surface area contributed by atoms with Crippen LogP contribution in [0.5, 0.6) is 11.5 Å². The Kier molecular flexibility index (Phi) is 8.10. The molecule has 0 aliphatic heterocycles. The normalized spacial score (nSPS) is 9.79. The summed E-state index contributed by atoms with van der Waals surface area (Å²) < 4.78 is 15.1. The van der Waals surface area contributed by atoms with Gasteiger partial charge >= 0.3 is 5.97 Å². The molecule has 0 aliphatic carbocycles. The van der Waals surface area contributed by atoms with E-state index < -0.39 is 11.9 Å². The molecule has 0 aliphatic rings. The van der Waals surface area contributed by atoms with Crippen LogP contribution in [0.15, 0.2) is 18.2 Å². The summed E-state index contributed by atoms with van der Waals surface area (Å²) in [5.74, 6) is -0.608. The van der Waals surface area contributed by atoms with Gasteiger partial charge in [0.2, 0.25) is 5.91 Å². The highest BCUT2D eigenvalue weighted by atomic mass is 16.5. The fourth-order valence-corrected chi connectivity index (χ4v) is 1.73. The number of carbonyl (C=O) groups is 3. The summed E-state index contributed by atoms with van der Waals surface area (Å²) in [6, 6.07) is 4.46. The van der Waals surface area contributed by atoms with E-state index in [1.165, 1.54) is 32.4 Å². The number of hydrogen-bond acceptors (Lipinski definition) is 6. The average molecular weight is 338 g/mol. The van der Waals surface area contributed by atoms with Crippen LogP contribution in [0.4, 0.5) is 0 Å². The third-order valence-electron chi connectivity index (χ3n) is 2.96. The minimum atomic E-state index is -0.504. The second-order valence-corrected chi connectivity index (χ2v) is 4.77. The maximum atomic E-state index is 11.7. The molecule has 0 atom stereocenters. The molecule has 132 valence electrons. The Bertz CT molecular complexity index is 588. The van der Waals surface area contributed by atoms with Crippen molar-refractivity contribution in [2.24, 2.45) is 0 Å². The van der Waals surface area contributed by atoms with E-state index in [2.05, 4.69) is 15.4 Å². The van der Waals surface area contributed by atoms with E-state index in [1.807, 2.05) is 6.92 Å². The number of carbonyl (C=O) groups excluding carboxylic acids is 3. The van der Waals surface area contributed by atoms with Crippen LogP contribution in [0.3, 0.4) is 0 Å². The van der Waals surface area contributed by atoms with Gasteiger partial charge in [0.15, 0.2) is 18.1 Å². The van der Waals surface area contributed by atoms with Crippen molar-refractivity contribution in [3.05, 3.63) is 23.8 Å². The van der Waals surface area contributed by atoms with Crippen LogP contribution in [0.25, 0.3) is 0 Å². The number of rotatable bonds is 9. The number of amides is 2. The van der Waals surface area contributed by atoms with Crippen molar-refractivity contribution in [2.75, 3.05) is 33.9 Å². The Hall–Kier alpha value is -2.77. The van der Waals surface area contributed by atoms with Crippen molar-refractivity contribution in [1.82, 2.24) is 10.6 Å². The standard InChI is InChI=1S/C16H22N2O6/c1-4-7-17-14(19)9-18-15(20)10-24-12-6-5-11(16(21)23-3)8-13(12)22-2/h5-6,8H,4,7,9-10H2,1-3H3,(H,17,19)(H,18,20). The van der Waals surface area contributed by atoms with E-state index in [0.29, 0.717) is 23.6 Å². The number of benzene rings is 1. The van der Waals surface area contributed by atoms with E-state index in [9.17, 15) is 14.4 Å². The van der Waals surface area contributed by atoms with Crippen molar-refractivity contribution < 1.29 is 28.6 Å². The molecule has 0 unspecified atom stereocenters. The zero-order valence-electron chi connectivity index (χ0n) is 14.0. The molecular weight excluding hydrogens is 316 g/mol. The van der Waals surface area contributed by atoms with Crippen molar-refractivity contribution in [3.8, 4) is 11.5 Å². The fraction of sp³-hybridized carbons (Fsp3) is 0.438. The summed E-state index contributed by atoms with van der Waals surface area (Å²) in [6.07, 6.45) is 0.824. The summed E-state index contributed by atoms with van der Waals surface area (Å²) in [5, 5.41) is 5.09. The van der Waals surface area contributed by atoms with Crippen LogP contribution < -0.4 is 20.1 Å². The van der Waals surface area contributed by atoms with Gasteiger partial charge < -0.3 is 24.8 Å². The highest BCUT2D eigenvalue weighted by Gasteiger charge is 2.13. The molecule has 0 spiro atoms. The Balaban J connectivity index is 2.53. The van der Waals surface area contributed by atoms with Crippen LogP contribution in [0.1, 0.15) is 23.7 Å². The predicted octanol–water partition coefficient (Wildman–Crippen LogP) is 0.503. The molecule has 8 heteroatoms. The van der Waals surface area contributed by atoms with Gasteiger partial charge in [0.25, 0.3) is 5.91 Å². The van der Waals surface area contributed by atoms with Crippen LogP contribution in [0, 0.1) is 0 Å². The van der Waals surface area contributed by atoms with Crippen molar-refractivity contribution >= 4 is 17.8 Å². The zero-order valence-corrected chi connectivity index (χ0v) is 14.0. The second kappa shape index (κ2) is 10.1. The quantitative estimate of drug-likeness (QED) is 0.636. The van der Waals surface area contributed by atoms with Gasteiger partial charge in [0, 0.05) is 6.54 Å². The molecule has 0 radical (unpaired) electrons. The monoisotopic (exact) mass is 338 g/mol. The molecule has 0 fully saturated rings. The first-order valence-electron chi connectivity index (χ1n) is 7.44. The third-order valence-corrected chi connectivity index (χ3v) is 2.96. The lowest BCUT2D eigenvalue weighted by molar-refractivity contribution is -0.127. The average Bonchev–Trinajstić information content (AvgIpc) is 2.61. The van der Waals surface area contributed by atoms with Crippen LogP contribution in [-0.4, -0.2) is 51.7 Å². The number of methoxy groups -OCH3 is 2. The number of ether oxygens (including phenoxy) is 3. The lowest BCUT2D eigenvalue weighted by atomic mass is 10.2. The topological polar surface area (TPSA) is 103 Å². The van der Waals surface area contributed by atoms with Gasteiger partial charge in [-0.05, 0) is 24.6 Å². The van der Waals surface area contributed by atoms with Crippen LogP contribution >= 0.6 is 0 Å². The Morgan fingerprint density at radius 1 is 1.04 bits per heavy atom. The molecule has 0 bridgehead atoms. The minimum absolute atomic E-state index is 0.111. The molecule has 2 amide bonds. The Morgan fingerprint density at radius 3 is 2.42 bits per heavy atom. The Labute approximate surface area is 140 Å². The van der Waals surface area contributed by atoms with E-state index in [1.54, 1.807) is 0 Å². The maximum Gasteiger partial charge on any atom is 0.337 e. The molecular formula is C16H22N2O6. The molecule has 1 aromatic rings. The predicted molar refractivity (Wildman–Crippen MR) is 86.1 cm³/mol. The molecule has 0 saturated heterocycles. The first-order chi connectivity index (χ1) is 11.5. The second-order valence-electron chi connectivity index (χ2n) is 4.77. The molecule has 2 N–H and O–H groups in total. The number of nitrogens with one attached hydrogen (secondary N) is 2. The molecule has 8 nitrogen and oxygen atoms in total. The Morgan fingerprint density at radius 2 is 1.79 bits per heavy atom. The maximum absolute atomic E-state index is 11.7. The summed E-state index contributed by atoms with van der Waals surface area (Å²) in [6.45, 7) is 2.11. The van der Waals surface area contributed by atoms with Gasteiger partial charge in [0.1, 0.15) is 0 Å². The van der Waals surface area contributed by atoms with Crippen molar-refractivity contribution in [2.45, 2.75) is 13.3 Å². The van der Waals surface area contributed by atoms with Gasteiger partial charge in [-0.1, -0.05) is 6.92 Å². The van der Waals surface area contributed by atoms with Gasteiger partial charge in [-0.3, -0.25) is 9.59 Å². The van der Waals surface area contributed by atoms with Gasteiger partial charge in [-0.2, -0.15) is 0 Å². The van der Waals surface area contributed by atoms with E-state index in [0.717, 1.165) is 6.42 Å². The zero-order chi connectivity index (χ0) is 17.9. The van der Waals surface area contributed by atoms with Crippen LogP contribution in [0.2, 0.25) is 0 Å². The highest BCUT2D eigenvalue weighted by molar-refractivity contribution is 5.90. The molecule has 0 heterocycles. The summed E-state index contributed by atoms with van der Waals surface area (Å²) >= 11 is 0. The summed E-state index contributed by atoms with van der Waals surface area (Å²) in [4.78, 5) is 34.5. The smallest absolute Gasteiger partial charge is 0.337 e. The molecule has 1 aromatic carbocycles. The molecule has 0 saturated carbocycles. The van der Waals surface area contributed by atoms with Gasteiger partial charge in [-0.25, -0.2) is 4.79 Å². The molecule has 24 heavy (non-hydrogen) atoms. The minimum Gasteiger partial charge on any atom is -0.493 e. The summed E-state index contributed by atoms with van der Waals surface area (Å²) in [7, 11) is 2.70. The van der Waals surface area contributed by atoms with Crippen molar-refractivity contribution in [1.29, 1.82) is 0 Å². The summed E-state index contributed by atoms with van der Waals surface area (Å²) in [5.41, 5.74) is 0.304. The van der Waals surface area contributed by atoms with E-state index in [4.69, 9.17) is 9.47 Å². The third kappa shape index (κ3) is 6.15. The van der Waals surface area contributed by atoms with Crippen molar-refractivity contribution in [3.63, 3.8) is 0 Å². The molecule has 0 aromatic heterocycles. The van der Waals surface area contributed by atoms with Crippen LogP contribution in [-0.2, 0) is 14.3 Å². The first kappa shape index (κ1) is 19.3. The highest BCUT2D eigenvalue weighted by Crippen LogP contribution is 2.28. The first-order valence-corrected chi connectivity index (χ1v) is 7.44. The number of esters is 1.